The van der Waals surface area contributed by atoms with Gasteiger partial charge in [-0.2, -0.15) is 0 Å². The molecular formula is C16H14ClIN2OS. The minimum atomic E-state index is -0.122. The number of rotatable bonds is 4. The van der Waals surface area contributed by atoms with E-state index in [4.69, 9.17) is 23.8 Å². The Kier molecular flexibility index (Phi) is 6.60. The first kappa shape index (κ1) is 17.2. The number of carbonyl (C=O) groups is 1. The first-order chi connectivity index (χ1) is 10.5. The first-order valence-corrected chi connectivity index (χ1v) is 8.51. The molecule has 0 unspecified atom stereocenters. The molecule has 1 amide bonds. The van der Waals surface area contributed by atoms with E-state index in [0.29, 0.717) is 23.6 Å². The van der Waals surface area contributed by atoms with Gasteiger partial charge in [0, 0.05) is 9.99 Å². The topological polar surface area (TPSA) is 41.1 Å². The summed E-state index contributed by atoms with van der Waals surface area (Å²) in [5.41, 5.74) is 1.80. The van der Waals surface area contributed by atoms with Crippen LogP contribution in [-0.4, -0.2) is 11.0 Å². The highest BCUT2D eigenvalue weighted by Gasteiger charge is 2.07. The third-order valence-corrected chi connectivity index (χ3v) is 4.10. The molecule has 0 aliphatic heterocycles. The predicted octanol–water partition coefficient (Wildman–Crippen LogP) is 4.39. The van der Waals surface area contributed by atoms with E-state index >= 15 is 0 Å². The Hall–Kier alpha value is -1.18. The molecule has 6 heteroatoms. The van der Waals surface area contributed by atoms with E-state index in [1.165, 1.54) is 0 Å². The summed E-state index contributed by atoms with van der Waals surface area (Å²) in [5.74, 6) is -0.122. The number of aryl methyl sites for hydroxylation is 1. The van der Waals surface area contributed by atoms with Crippen molar-refractivity contribution in [3.63, 3.8) is 0 Å². The second-order valence-corrected chi connectivity index (χ2v) is 6.67. The van der Waals surface area contributed by atoms with Gasteiger partial charge in [-0.25, -0.2) is 0 Å². The fraction of sp³-hybridized carbons (Fsp3) is 0.125. The summed E-state index contributed by atoms with van der Waals surface area (Å²) in [6.45, 7) is 0. The summed E-state index contributed by atoms with van der Waals surface area (Å²) in [4.78, 5) is 11.9. The quantitative estimate of drug-likeness (QED) is 0.543. The molecule has 0 fully saturated rings. The van der Waals surface area contributed by atoms with Gasteiger partial charge < -0.3 is 10.6 Å². The van der Waals surface area contributed by atoms with Crippen molar-refractivity contribution in [2.45, 2.75) is 12.8 Å². The standard InChI is InChI=1S/C16H14ClIN2OS/c17-13-10-12(18)7-8-14(13)19-16(22)20-15(21)9-6-11-4-2-1-3-5-11/h1-5,7-8,10H,6,9H2,(H2,19,20,21,22). The van der Waals surface area contributed by atoms with Crippen LogP contribution in [0.2, 0.25) is 5.02 Å². The average Bonchev–Trinajstić information content (AvgIpc) is 2.49. The van der Waals surface area contributed by atoms with E-state index in [-0.39, 0.29) is 11.0 Å². The SMILES string of the molecule is O=C(CCc1ccccc1)NC(=S)Nc1ccc(I)cc1Cl. The van der Waals surface area contributed by atoms with E-state index in [9.17, 15) is 4.79 Å². The number of hydrogen-bond acceptors (Lipinski definition) is 2. The van der Waals surface area contributed by atoms with Crippen molar-refractivity contribution in [3.8, 4) is 0 Å². The summed E-state index contributed by atoms with van der Waals surface area (Å²) >= 11 is 13.4. The van der Waals surface area contributed by atoms with Crippen LogP contribution in [0, 0.1) is 3.57 Å². The lowest BCUT2D eigenvalue weighted by molar-refractivity contribution is -0.119. The van der Waals surface area contributed by atoms with Crippen LogP contribution in [-0.2, 0) is 11.2 Å². The third kappa shape index (κ3) is 5.55. The summed E-state index contributed by atoms with van der Waals surface area (Å²) in [6, 6.07) is 15.4. The molecule has 2 aromatic carbocycles. The van der Waals surface area contributed by atoms with Crippen LogP contribution in [0.5, 0.6) is 0 Å². The Morgan fingerprint density at radius 2 is 1.91 bits per heavy atom. The summed E-state index contributed by atoms with van der Waals surface area (Å²) in [6.07, 6.45) is 1.06. The van der Waals surface area contributed by atoms with Crippen molar-refractivity contribution in [2.75, 3.05) is 5.32 Å². The molecule has 2 rings (SSSR count). The molecule has 0 radical (unpaired) electrons. The molecule has 3 nitrogen and oxygen atoms in total. The van der Waals surface area contributed by atoms with Gasteiger partial charge in [0.25, 0.3) is 0 Å². The summed E-state index contributed by atoms with van der Waals surface area (Å²) in [5, 5.41) is 6.41. The molecule has 0 heterocycles. The van der Waals surface area contributed by atoms with Crippen molar-refractivity contribution in [1.82, 2.24) is 5.32 Å². The van der Waals surface area contributed by atoms with Gasteiger partial charge in [0.1, 0.15) is 0 Å². The maximum absolute atomic E-state index is 11.9. The van der Waals surface area contributed by atoms with Crippen molar-refractivity contribution >= 4 is 63.1 Å². The fourth-order valence-electron chi connectivity index (χ4n) is 1.84. The predicted molar refractivity (Wildman–Crippen MR) is 103 cm³/mol. The number of anilines is 1. The zero-order valence-corrected chi connectivity index (χ0v) is 15.3. The molecule has 0 atom stereocenters. The highest BCUT2D eigenvalue weighted by molar-refractivity contribution is 14.1. The van der Waals surface area contributed by atoms with E-state index in [0.717, 1.165) is 9.13 Å². The van der Waals surface area contributed by atoms with E-state index in [2.05, 4.69) is 33.2 Å². The smallest absolute Gasteiger partial charge is 0.226 e. The largest absolute Gasteiger partial charge is 0.331 e. The fourth-order valence-corrected chi connectivity index (χ4v) is 2.96. The number of amides is 1. The van der Waals surface area contributed by atoms with E-state index < -0.39 is 0 Å². The zero-order valence-electron chi connectivity index (χ0n) is 11.6. The Morgan fingerprint density at radius 1 is 1.18 bits per heavy atom. The third-order valence-electron chi connectivity index (χ3n) is 2.92. The van der Waals surface area contributed by atoms with Gasteiger partial charge in [-0.05, 0) is 65.0 Å². The monoisotopic (exact) mass is 444 g/mol. The Morgan fingerprint density at radius 3 is 2.59 bits per heavy atom. The van der Waals surface area contributed by atoms with Crippen LogP contribution in [0.4, 0.5) is 5.69 Å². The van der Waals surface area contributed by atoms with Gasteiger partial charge >= 0.3 is 0 Å². The highest BCUT2D eigenvalue weighted by atomic mass is 127. The molecule has 0 bridgehead atoms. The van der Waals surface area contributed by atoms with Crippen LogP contribution < -0.4 is 10.6 Å². The highest BCUT2D eigenvalue weighted by Crippen LogP contribution is 2.23. The zero-order chi connectivity index (χ0) is 15.9. The maximum atomic E-state index is 11.9. The summed E-state index contributed by atoms with van der Waals surface area (Å²) in [7, 11) is 0. The number of benzene rings is 2. The molecule has 0 aliphatic carbocycles. The van der Waals surface area contributed by atoms with Crippen LogP contribution in [0.15, 0.2) is 48.5 Å². The lowest BCUT2D eigenvalue weighted by Gasteiger charge is -2.11. The molecular weight excluding hydrogens is 431 g/mol. The van der Waals surface area contributed by atoms with Crippen LogP contribution in [0.3, 0.4) is 0 Å². The lowest BCUT2D eigenvalue weighted by Crippen LogP contribution is -2.34. The van der Waals surface area contributed by atoms with Crippen LogP contribution >= 0.6 is 46.4 Å². The number of nitrogens with one attached hydrogen (secondary N) is 2. The van der Waals surface area contributed by atoms with E-state index in [1.54, 1.807) is 0 Å². The molecule has 0 aromatic heterocycles. The van der Waals surface area contributed by atoms with Crippen molar-refractivity contribution in [2.24, 2.45) is 0 Å². The summed E-state index contributed by atoms with van der Waals surface area (Å²) < 4.78 is 1.03. The van der Waals surface area contributed by atoms with Gasteiger partial charge in [0.05, 0.1) is 10.7 Å². The van der Waals surface area contributed by atoms with Crippen LogP contribution in [0.25, 0.3) is 0 Å². The van der Waals surface area contributed by atoms with Gasteiger partial charge in [-0.1, -0.05) is 41.9 Å². The Bertz CT molecular complexity index is 679. The second kappa shape index (κ2) is 8.45. The Labute approximate surface area is 153 Å². The number of thiocarbonyl (C=S) groups is 1. The Balaban J connectivity index is 1.82. The molecule has 2 N–H and O–H groups in total. The number of carbonyl (C=O) groups excluding carboxylic acids is 1. The molecule has 2 aromatic rings. The molecule has 0 spiro atoms. The van der Waals surface area contributed by atoms with Gasteiger partial charge in [0.2, 0.25) is 5.91 Å². The van der Waals surface area contributed by atoms with Gasteiger partial charge in [-0.15, -0.1) is 0 Å². The van der Waals surface area contributed by atoms with Crippen molar-refractivity contribution < 1.29 is 4.79 Å². The van der Waals surface area contributed by atoms with E-state index in [1.807, 2.05) is 48.5 Å². The molecule has 22 heavy (non-hydrogen) atoms. The number of hydrogen-bond donors (Lipinski definition) is 2. The van der Waals surface area contributed by atoms with Gasteiger partial charge in [0.15, 0.2) is 5.11 Å². The average molecular weight is 445 g/mol. The molecule has 0 saturated carbocycles. The normalized spacial score (nSPS) is 10.1. The first-order valence-electron chi connectivity index (χ1n) is 6.64. The minimum Gasteiger partial charge on any atom is -0.331 e. The van der Waals surface area contributed by atoms with Crippen LogP contribution in [0.1, 0.15) is 12.0 Å². The lowest BCUT2D eigenvalue weighted by atomic mass is 10.1. The minimum absolute atomic E-state index is 0.122. The van der Waals surface area contributed by atoms with Crippen molar-refractivity contribution in [1.29, 1.82) is 0 Å². The second-order valence-electron chi connectivity index (χ2n) is 4.61. The molecule has 0 aliphatic rings. The van der Waals surface area contributed by atoms with Gasteiger partial charge in [-0.3, -0.25) is 4.79 Å². The van der Waals surface area contributed by atoms with Crippen molar-refractivity contribution in [3.05, 3.63) is 62.7 Å². The molecule has 0 saturated heterocycles. The maximum Gasteiger partial charge on any atom is 0.226 e. The molecule has 114 valence electrons. The number of halogens is 2.